The number of nitrogens with two attached hydrogens (primary N) is 1. The number of amides is 2. The molecule has 0 aromatic heterocycles. The Labute approximate surface area is 162 Å². The fraction of sp³-hybridized carbons (Fsp3) is 0.600. The maximum atomic E-state index is 12.7. The Morgan fingerprint density at radius 2 is 1.50 bits per heavy atom. The average molecular weight is 380 g/mol. The van der Waals surface area contributed by atoms with Crippen molar-refractivity contribution in [3.63, 3.8) is 0 Å². The molecule has 1 aliphatic carbocycles. The van der Waals surface area contributed by atoms with E-state index in [1.807, 2.05) is 36.1 Å². The number of benzene rings is 1. The highest BCUT2D eigenvalue weighted by Crippen LogP contribution is 2.26. The number of hydrogen-bond donors (Lipinski definition) is 1. The monoisotopic (exact) mass is 379 g/mol. The SMILES string of the molecule is Cc1ccc(C(N)C(=O)N2CCN(C(=O)C3CCCCC3)CC2)cc1.Cl. The summed E-state index contributed by atoms with van der Waals surface area (Å²) in [5.74, 6) is 0.439. The van der Waals surface area contributed by atoms with Crippen LogP contribution in [0.25, 0.3) is 0 Å². The second-order valence-electron chi connectivity index (χ2n) is 7.37. The lowest BCUT2D eigenvalue weighted by atomic mass is 9.88. The minimum absolute atomic E-state index is 0. The first kappa shape index (κ1) is 20.7. The van der Waals surface area contributed by atoms with Crippen LogP contribution >= 0.6 is 12.4 Å². The number of piperazine rings is 1. The molecule has 2 N–H and O–H groups in total. The van der Waals surface area contributed by atoms with E-state index in [9.17, 15) is 9.59 Å². The van der Waals surface area contributed by atoms with Crippen LogP contribution in [0.1, 0.15) is 49.3 Å². The molecule has 1 aliphatic heterocycles. The molecule has 1 atom stereocenters. The number of hydrogen-bond acceptors (Lipinski definition) is 3. The Kier molecular flexibility index (Phi) is 7.47. The van der Waals surface area contributed by atoms with Crippen LogP contribution in [0.4, 0.5) is 0 Å². The predicted molar refractivity (Wildman–Crippen MR) is 105 cm³/mol. The van der Waals surface area contributed by atoms with Crippen LogP contribution in [-0.4, -0.2) is 47.8 Å². The van der Waals surface area contributed by atoms with Crippen molar-refractivity contribution in [2.24, 2.45) is 11.7 Å². The molecule has 0 spiro atoms. The highest BCUT2D eigenvalue weighted by atomic mass is 35.5. The zero-order chi connectivity index (χ0) is 17.8. The summed E-state index contributed by atoms with van der Waals surface area (Å²) in [6.07, 6.45) is 5.63. The van der Waals surface area contributed by atoms with Crippen LogP contribution in [0.2, 0.25) is 0 Å². The van der Waals surface area contributed by atoms with Crippen molar-refractivity contribution < 1.29 is 9.59 Å². The van der Waals surface area contributed by atoms with Gasteiger partial charge < -0.3 is 15.5 Å². The maximum Gasteiger partial charge on any atom is 0.244 e. The lowest BCUT2D eigenvalue weighted by Crippen LogP contribution is -2.53. The molecular weight excluding hydrogens is 350 g/mol. The van der Waals surface area contributed by atoms with Crippen molar-refractivity contribution >= 4 is 24.2 Å². The second kappa shape index (κ2) is 9.38. The van der Waals surface area contributed by atoms with Crippen LogP contribution in [0, 0.1) is 12.8 Å². The Morgan fingerprint density at radius 3 is 2.08 bits per heavy atom. The van der Waals surface area contributed by atoms with E-state index in [2.05, 4.69) is 0 Å². The van der Waals surface area contributed by atoms with E-state index >= 15 is 0 Å². The van der Waals surface area contributed by atoms with Gasteiger partial charge in [-0.1, -0.05) is 49.1 Å². The van der Waals surface area contributed by atoms with Gasteiger partial charge in [0.15, 0.2) is 0 Å². The highest BCUT2D eigenvalue weighted by molar-refractivity contribution is 5.85. The second-order valence-corrected chi connectivity index (χ2v) is 7.37. The predicted octanol–water partition coefficient (Wildman–Crippen LogP) is 2.67. The smallest absolute Gasteiger partial charge is 0.244 e. The largest absolute Gasteiger partial charge is 0.339 e. The molecule has 1 heterocycles. The van der Waals surface area contributed by atoms with Crippen molar-refractivity contribution in [2.45, 2.75) is 45.1 Å². The normalized spacial score (nSPS) is 19.6. The van der Waals surface area contributed by atoms with E-state index in [4.69, 9.17) is 5.73 Å². The van der Waals surface area contributed by atoms with E-state index in [1.54, 1.807) is 4.90 Å². The topological polar surface area (TPSA) is 66.6 Å². The molecule has 2 aliphatic rings. The maximum absolute atomic E-state index is 12.7. The molecule has 1 aromatic rings. The van der Waals surface area contributed by atoms with E-state index in [1.165, 1.54) is 19.3 Å². The van der Waals surface area contributed by atoms with Gasteiger partial charge in [-0.05, 0) is 25.3 Å². The van der Waals surface area contributed by atoms with Crippen molar-refractivity contribution in [1.29, 1.82) is 0 Å². The number of nitrogens with zero attached hydrogens (tertiary/aromatic N) is 2. The van der Waals surface area contributed by atoms with Crippen LogP contribution < -0.4 is 5.73 Å². The molecule has 1 saturated carbocycles. The molecule has 1 saturated heterocycles. The van der Waals surface area contributed by atoms with Crippen molar-refractivity contribution in [3.05, 3.63) is 35.4 Å². The molecule has 2 fully saturated rings. The Hall–Kier alpha value is -1.59. The highest BCUT2D eigenvalue weighted by Gasteiger charge is 2.31. The average Bonchev–Trinajstić information content (AvgIpc) is 2.67. The van der Waals surface area contributed by atoms with Gasteiger partial charge in [0.25, 0.3) is 0 Å². The summed E-state index contributed by atoms with van der Waals surface area (Å²) in [5, 5.41) is 0. The lowest BCUT2D eigenvalue weighted by Gasteiger charge is -2.38. The van der Waals surface area contributed by atoms with Crippen LogP contribution in [0.3, 0.4) is 0 Å². The fourth-order valence-electron chi connectivity index (χ4n) is 3.87. The van der Waals surface area contributed by atoms with E-state index < -0.39 is 6.04 Å². The number of halogens is 1. The standard InChI is InChI=1S/C20H29N3O2.ClH/c1-15-7-9-16(10-8-15)18(21)20(25)23-13-11-22(12-14-23)19(24)17-5-3-2-4-6-17;/h7-10,17-18H,2-6,11-14,21H2,1H3;1H. The molecule has 0 radical (unpaired) electrons. The zero-order valence-electron chi connectivity index (χ0n) is 15.5. The summed E-state index contributed by atoms with van der Waals surface area (Å²) in [4.78, 5) is 29.0. The van der Waals surface area contributed by atoms with Crippen LogP contribution in [-0.2, 0) is 9.59 Å². The third-order valence-corrected chi connectivity index (χ3v) is 5.56. The van der Waals surface area contributed by atoms with Gasteiger partial charge in [-0.3, -0.25) is 9.59 Å². The molecule has 2 amide bonds. The number of aryl methyl sites for hydroxylation is 1. The van der Waals surface area contributed by atoms with Gasteiger partial charge >= 0.3 is 0 Å². The van der Waals surface area contributed by atoms with Gasteiger partial charge in [0.2, 0.25) is 11.8 Å². The number of carbonyl (C=O) groups is 2. The summed E-state index contributed by atoms with van der Waals surface area (Å²) in [6, 6.07) is 7.16. The minimum Gasteiger partial charge on any atom is -0.339 e. The lowest BCUT2D eigenvalue weighted by molar-refractivity contribution is -0.143. The third kappa shape index (κ3) is 4.77. The quantitative estimate of drug-likeness (QED) is 0.877. The Bertz CT molecular complexity index is 606. The first-order chi connectivity index (χ1) is 12.1. The van der Waals surface area contributed by atoms with Crippen molar-refractivity contribution in [1.82, 2.24) is 9.80 Å². The fourth-order valence-corrected chi connectivity index (χ4v) is 3.87. The summed E-state index contributed by atoms with van der Waals surface area (Å²) < 4.78 is 0. The third-order valence-electron chi connectivity index (χ3n) is 5.56. The molecular formula is C20H30ClN3O2. The molecule has 144 valence electrons. The van der Waals surface area contributed by atoms with E-state index in [0.29, 0.717) is 26.2 Å². The Morgan fingerprint density at radius 1 is 0.962 bits per heavy atom. The van der Waals surface area contributed by atoms with Gasteiger partial charge in [0.1, 0.15) is 6.04 Å². The van der Waals surface area contributed by atoms with Gasteiger partial charge in [0.05, 0.1) is 0 Å². The van der Waals surface area contributed by atoms with Crippen molar-refractivity contribution in [2.75, 3.05) is 26.2 Å². The van der Waals surface area contributed by atoms with Crippen LogP contribution in [0.5, 0.6) is 0 Å². The first-order valence-corrected chi connectivity index (χ1v) is 9.46. The molecule has 1 aromatic carbocycles. The Balaban J connectivity index is 0.00000243. The molecule has 1 unspecified atom stereocenters. The van der Waals surface area contributed by atoms with Gasteiger partial charge in [-0.15, -0.1) is 12.4 Å². The first-order valence-electron chi connectivity index (χ1n) is 9.46. The molecule has 5 nitrogen and oxygen atoms in total. The summed E-state index contributed by atoms with van der Waals surface area (Å²) in [6.45, 7) is 4.43. The number of rotatable bonds is 3. The summed E-state index contributed by atoms with van der Waals surface area (Å²) in [5.41, 5.74) is 8.15. The number of carbonyl (C=O) groups excluding carboxylic acids is 2. The van der Waals surface area contributed by atoms with Gasteiger partial charge in [-0.25, -0.2) is 0 Å². The molecule has 0 bridgehead atoms. The minimum atomic E-state index is -0.624. The molecule has 6 heteroatoms. The van der Waals surface area contributed by atoms with Crippen molar-refractivity contribution in [3.8, 4) is 0 Å². The summed E-state index contributed by atoms with van der Waals surface area (Å²) >= 11 is 0. The van der Waals surface area contributed by atoms with E-state index in [0.717, 1.165) is 24.0 Å². The summed E-state index contributed by atoms with van der Waals surface area (Å²) in [7, 11) is 0. The molecule has 3 rings (SSSR count). The van der Waals surface area contributed by atoms with Gasteiger partial charge in [0, 0.05) is 32.1 Å². The van der Waals surface area contributed by atoms with Gasteiger partial charge in [-0.2, -0.15) is 0 Å². The zero-order valence-corrected chi connectivity index (χ0v) is 16.3. The molecule has 26 heavy (non-hydrogen) atoms. The van der Waals surface area contributed by atoms with E-state index in [-0.39, 0.29) is 30.1 Å². The van der Waals surface area contributed by atoms with Crippen LogP contribution in [0.15, 0.2) is 24.3 Å².